The number of hydrogen-bond acceptors (Lipinski definition) is 2. The van der Waals surface area contributed by atoms with Crippen molar-refractivity contribution < 1.29 is 4.39 Å². The molecule has 0 radical (unpaired) electrons. The molecule has 0 saturated carbocycles. The monoisotopic (exact) mass is 216 g/mol. The maximum Gasteiger partial charge on any atom is 0.146 e. The van der Waals surface area contributed by atoms with Gasteiger partial charge in [-0.25, -0.2) is 4.39 Å². The lowest BCUT2D eigenvalue weighted by molar-refractivity contribution is 0.519. The van der Waals surface area contributed by atoms with E-state index in [9.17, 15) is 4.39 Å². The molecular formula is C10H14ClFN2. The quantitative estimate of drug-likeness (QED) is 0.809. The summed E-state index contributed by atoms with van der Waals surface area (Å²) >= 11 is 5.67. The number of likely N-dealkylation sites (N-methyl/N-ethyl adjacent to an activating group) is 1. The Hall–Kier alpha value is -0.640. The summed E-state index contributed by atoms with van der Waals surface area (Å²) in [5, 5.41) is 3.23. The Balaban J connectivity index is 2.97. The van der Waals surface area contributed by atoms with Crippen LogP contribution < -0.4 is 11.1 Å². The number of nitrogens with one attached hydrogen (secondary N) is 1. The average Bonchev–Trinajstić information content (AvgIpc) is 2.19. The molecule has 0 saturated heterocycles. The van der Waals surface area contributed by atoms with Gasteiger partial charge >= 0.3 is 0 Å². The number of nitrogens with two attached hydrogens (primary N) is 1. The average molecular weight is 217 g/mol. The molecule has 0 spiro atoms. The first kappa shape index (κ1) is 11.4. The molecule has 4 heteroatoms. The third-order valence-electron chi connectivity index (χ3n) is 2.04. The van der Waals surface area contributed by atoms with Gasteiger partial charge < -0.3 is 11.1 Å². The van der Waals surface area contributed by atoms with E-state index in [0.29, 0.717) is 12.1 Å². The van der Waals surface area contributed by atoms with Crippen LogP contribution in [0.1, 0.15) is 18.5 Å². The van der Waals surface area contributed by atoms with Gasteiger partial charge in [-0.15, -0.1) is 0 Å². The lowest BCUT2D eigenvalue weighted by Gasteiger charge is -2.17. The summed E-state index contributed by atoms with van der Waals surface area (Å²) in [5.41, 5.74) is 6.07. The number of benzene rings is 1. The highest BCUT2D eigenvalue weighted by Crippen LogP contribution is 2.22. The molecule has 1 rings (SSSR count). The molecule has 0 aromatic heterocycles. The summed E-state index contributed by atoms with van der Waals surface area (Å²) in [5.74, 6) is -0.384. The molecule has 1 aromatic rings. The molecule has 0 aliphatic carbocycles. The Morgan fingerprint density at radius 1 is 1.57 bits per heavy atom. The zero-order valence-corrected chi connectivity index (χ0v) is 8.81. The van der Waals surface area contributed by atoms with E-state index in [4.69, 9.17) is 17.3 Å². The SMILES string of the molecule is CCNC(CN)c1cccc(Cl)c1F. The zero-order chi connectivity index (χ0) is 10.6. The third kappa shape index (κ3) is 2.44. The first-order chi connectivity index (χ1) is 6.70. The lowest BCUT2D eigenvalue weighted by atomic mass is 10.1. The highest BCUT2D eigenvalue weighted by molar-refractivity contribution is 6.30. The van der Waals surface area contributed by atoms with Crippen molar-refractivity contribution in [1.29, 1.82) is 0 Å². The largest absolute Gasteiger partial charge is 0.329 e. The van der Waals surface area contributed by atoms with E-state index in [1.54, 1.807) is 12.1 Å². The Bertz CT molecular complexity index is 304. The molecule has 14 heavy (non-hydrogen) atoms. The minimum atomic E-state index is -0.384. The molecule has 0 amide bonds. The van der Waals surface area contributed by atoms with Gasteiger partial charge in [-0.3, -0.25) is 0 Å². The van der Waals surface area contributed by atoms with Crippen LogP contribution in [0.2, 0.25) is 5.02 Å². The first-order valence-corrected chi connectivity index (χ1v) is 4.95. The minimum Gasteiger partial charge on any atom is -0.329 e. The van der Waals surface area contributed by atoms with Gasteiger partial charge in [0.25, 0.3) is 0 Å². The van der Waals surface area contributed by atoms with Crippen molar-refractivity contribution in [2.45, 2.75) is 13.0 Å². The van der Waals surface area contributed by atoms with Gasteiger partial charge in [-0.05, 0) is 12.6 Å². The molecule has 0 aliphatic rings. The summed E-state index contributed by atoms with van der Waals surface area (Å²) in [6.45, 7) is 3.05. The third-order valence-corrected chi connectivity index (χ3v) is 2.34. The van der Waals surface area contributed by atoms with Gasteiger partial charge in [0.2, 0.25) is 0 Å². The molecule has 0 heterocycles. The smallest absolute Gasteiger partial charge is 0.146 e. The maximum atomic E-state index is 13.5. The first-order valence-electron chi connectivity index (χ1n) is 4.58. The van der Waals surface area contributed by atoms with Crippen molar-refractivity contribution >= 4 is 11.6 Å². The van der Waals surface area contributed by atoms with E-state index < -0.39 is 0 Å². The normalized spacial score (nSPS) is 12.9. The van der Waals surface area contributed by atoms with Crippen LogP contribution in [-0.2, 0) is 0 Å². The van der Waals surface area contributed by atoms with Gasteiger partial charge in [0.15, 0.2) is 0 Å². The zero-order valence-electron chi connectivity index (χ0n) is 8.06. The van der Waals surface area contributed by atoms with Crippen LogP contribution >= 0.6 is 11.6 Å². The lowest BCUT2D eigenvalue weighted by Crippen LogP contribution is -2.28. The maximum absolute atomic E-state index is 13.5. The molecule has 2 nitrogen and oxygen atoms in total. The van der Waals surface area contributed by atoms with Crippen LogP contribution in [0.25, 0.3) is 0 Å². The fraction of sp³-hybridized carbons (Fsp3) is 0.400. The van der Waals surface area contributed by atoms with Crippen LogP contribution in [0.5, 0.6) is 0 Å². The van der Waals surface area contributed by atoms with Crippen LogP contribution in [-0.4, -0.2) is 13.1 Å². The molecule has 3 N–H and O–H groups in total. The predicted octanol–water partition coefficient (Wildman–Crippen LogP) is 2.09. The molecule has 0 fully saturated rings. The Labute approximate surface area is 88.2 Å². The van der Waals surface area contributed by atoms with Crippen LogP contribution in [0.3, 0.4) is 0 Å². The van der Waals surface area contributed by atoms with Gasteiger partial charge in [0, 0.05) is 18.2 Å². The summed E-state index contributed by atoms with van der Waals surface area (Å²) < 4.78 is 13.5. The van der Waals surface area contributed by atoms with Gasteiger partial charge in [0.05, 0.1) is 5.02 Å². The summed E-state index contributed by atoms with van der Waals surface area (Å²) in [6, 6.07) is 4.78. The van der Waals surface area contributed by atoms with E-state index in [1.165, 1.54) is 6.07 Å². The van der Waals surface area contributed by atoms with E-state index in [0.717, 1.165) is 6.54 Å². The molecule has 78 valence electrons. The number of rotatable bonds is 4. The Morgan fingerprint density at radius 3 is 2.86 bits per heavy atom. The summed E-state index contributed by atoms with van der Waals surface area (Å²) in [4.78, 5) is 0. The highest BCUT2D eigenvalue weighted by Gasteiger charge is 2.14. The van der Waals surface area contributed by atoms with Crippen molar-refractivity contribution in [3.05, 3.63) is 34.6 Å². The number of hydrogen-bond donors (Lipinski definition) is 2. The number of halogens is 2. The highest BCUT2D eigenvalue weighted by atomic mass is 35.5. The van der Waals surface area contributed by atoms with E-state index in [1.807, 2.05) is 6.92 Å². The molecular weight excluding hydrogens is 203 g/mol. The van der Waals surface area contributed by atoms with E-state index in [-0.39, 0.29) is 16.9 Å². The molecule has 0 bridgehead atoms. The van der Waals surface area contributed by atoms with Crippen LogP contribution in [0, 0.1) is 5.82 Å². The standard InChI is InChI=1S/C10H14ClFN2/c1-2-14-9(6-13)7-4-3-5-8(11)10(7)12/h3-5,9,14H,2,6,13H2,1H3. The van der Waals surface area contributed by atoms with Crippen molar-refractivity contribution in [3.63, 3.8) is 0 Å². The van der Waals surface area contributed by atoms with Crippen molar-refractivity contribution in [3.8, 4) is 0 Å². The second-order valence-electron chi connectivity index (χ2n) is 2.99. The molecule has 1 unspecified atom stereocenters. The molecule has 1 aromatic carbocycles. The molecule has 0 aliphatic heterocycles. The van der Waals surface area contributed by atoms with Gasteiger partial charge in [-0.2, -0.15) is 0 Å². The second-order valence-corrected chi connectivity index (χ2v) is 3.40. The summed E-state index contributed by atoms with van der Waals surface area (Å²) in [6.07, 6.45) is 0. The Kier molecular flexibility index (Phi) is 4.32. The second kappa shape index (κ2) is 5.29. The topological polar surface area (TPSA) is 38.0 Å². The van der Waals surface area contributed by atoms with Crippen LogP contribution in [0.15, 0.2) is 18.2 Å². The van der Waals surface area contributed by atoms with E-state index in [2.05, 4.69) is 5.32 Å². The van der Waals surface area contributed by atoms with Crippen LogP contribution in [0.4, 0.5) is 4.39 Å². The molecule has 1 atom stereocenters. The fourth-order valence-electron chi connectivity index (χ4n) is 1.36. The van der Waals surface area contributed by atoms with Crippen molar-refractivity contribution in [2.24, 2.45) is 5.73 Å². The fourth-order valence-corrected chi connectivity index (χ4v) is 1.54. The minimum absolute atomic E-state index is 0.138. The predicted molar refractivity (Wildman–Crippen MR) is 56.9 cm³/mol. The van der Waals surface area contributed by atoms with Gasteiger partial charge in [-0.1, -0.05) is 30.7 Å². The van der Waals surface area contributed by atoms with Gasteiger partial charge in [0.1, 0.15) is 5.82 Å². The van der Waals surface area contributed by atoms with Crippen molar-refractivity contribution in [2.75, 3.05) is 13.1 Å². The van der Waals surface area contributed by atoms with Crippen molar-refractivity contribution in [1.82, 2.24) is 5.32 Å². The van der Waals surface area contributed by atoms with E-state index >= 15 is 0 Å². The summed E-state index contributed by atoms with van der Waals surface area (Å²) in [7, 11) is 0. The Morgan fingerprint density at radius 2 is 2.29 bits per heavy atom.